The number of aliphatic hydroxyl groups excluding tert-OH is 1. The van der Waals surface area contributed by atoms with E-state index in [0.29, 0.717) is 19.6 Å². The third-order valence-corrected chi connectivity index (χ3v) is 2.06. The summed E-state index contributed by atoms with van der Waals surface area (Å²) in [6.45, 7) is 7.38. The average molecular weight is 235 g/mol. The van der Waals surface area contributed by atoms with E-state index in [9.17, 15) is 10.2 Å². The minimum Gasteiger partial charge on any atom is -0.395 e. The Morgan fingerprint density at radius 2 is 1.44 bits per heavy atom. The number of nitrogens with zero attached hydrogens (tertiary/aromatic N) is 2. The summed E-state index contributed by atoms with van der Waals surface area (Å²) < 4.78 is 0. The van der Waals surface area contributed by atoms with Crippen LogP contribution in [-0.4, -0.2) is 63.0 Å². The molecule has 0 atom stereocenters. The fraction of sp³-hybridized carbons (Fsp3) is 1.00. The van der Waals surface area contributed by atoms with Crippen molar-refractivity contribution < 1.29 is 15.3 Å². The van der Waals surface area contributed by atoms with E-state index in [-0.39, 0.29) is 6.61 Å². The summed E-state index contributed by atoms with van der Waals surface area (Å²) in [5.41, 5.74) is 3.00. The topological polar surface area (TPSA) is 93.2 Å². The second-order valence-electron chi connectivity index (χ2n) is 4.77. The van der Waals surface area contributed by atoms with Gasteiger partial charge in [-0.3, -0.25) is 0 Å². The molecule has 0 aliphatic rings. The van der Waals surface area contributed by atoms with E-state index in [4.69, 9.17) is 10.8 Å². The van der Waals surface area contributed by atoms with Gasteiger partial charge in [0.05, 0.1) is 6.61 Å². The van der Waals surface area contributed by atoms with Gasteiger partial charge in [0.15, 0.2) is 0 Å². The average Bonchev–Trinajstić information content (AvgIpc) is 1.99. The molecule has 0 aromatic carbocycles. The van der Waals surface area contributed by atoms with Gasteiger partial charge in [-0.15, -0.1) is 0 Å². The molecule has 0 aliphatic carbocycles. The van der Waals surface area contributed by atoms with Gasteiger partial charge in [0.2, 0.25) is 0 Å². The van der Waals surface area contributed by atoms with E-state index in [1.54, 1.807) is 32.7 Å². The van der Waals surface area contributed by atoms with E-state index >= 15 is 0 Å². The molecule has 0 aromatic rings. The molecule has 0 radical (unpaired) electrons. The van der Waals surface area contributed by atoms with Crippen LogP contribution in [0.25, 0.3) is 0 Å². The number of aliphatic hydroxyl groups is 3. The van der Waals surface area contributed by atoms with Crippen molar-refractivity contribution in [3.8, 4) is 0 Å². The van der Waals surface area contributed by atoms with Gasteiger partial charge in [-0.05, 0) is 27.7 Å². The summed E-state index contributed by atoms with van der Waals surface area (Å²) in [5.74, 6) is 0. The maximum atomic E-state index is 10.0. The lowest BCUT2D eigenvalue weighted by Crippen LogP contribution is -2.64. The van der Waals surface area contributed by atoms with Crippen molar-refractivity contribution in [1.82, 2.24) is 10.0 Å². The van der Waals surface area contributed by atoms with Crippen molar-refractivity contribution in [2.24, 2.45) is 5.73 Å². The van der Waals surface area contributed by atoms with E-state index in [2.05, 4.69) is 0 Å². The molecule has 16 heavy (non-hydrogen) atoms. The molecule has 0 saturated carbocycles. The van der Waals surface area contributed by atoms with Gasteiger partial charge >= 0.3 is 0 Å². The van der Waals surface area contributed by atoms with Crippen LogP contribution in [0.3, 0.4) is 0 Å². The Morgan fingerprint density at radius 1 is 1.00 bits per heavy atom. The molecule has 6 nitrogen and oxygen atoms in total. The Balaban J connectivity index is 4.97. The third-order valence-electron chi connectivity index (χ3n) is 2.06. The second-order valence-corrected chi connectivity index (χ2v) is 4.77. The highest BCUT2D eigenvalue weighted by Crippen LogP contribution is 2.23. The summed E-state index contributed by atoms with van der Waals surface area (Å²) in [5, 5.41) is 32.1. The fourth-order valence-electron chi connectivity index (χ4n) is 1.94. The maximum absolute atomic E-state index is 10.0. The molecule has 98 valence electrons. The Labute approximate surface area is 97.2 Å². The summed E-state index contributed by atoms with van der Waals surface area (Å²) in [6.07, 6.45) is 0. The highest BCUT2D eigenvalue weighted by molar-refractivity contribution is 4.77. The third kappa shape index (κ3) is 4.73. The predicted molar refractivity (Wildman–Crippen MR) is 62.1 cm³/mol. The second kappa shape index (κ2) is 5.90. The minimum atomic E-state index is -1.23. The molecule has 0 fully saturated rings. The Kier molecular flexibility index (Phi) is 5.81. The van der Waals surface area contributed by atoms with Crippen molar-refractivity contribution >= 4 is 0 Å². The zero-order valence-electron chi connectivity index (χ0n) is 10.6. The first-order chi connectivity index (χ1) is 7.14. The number of rotatable bonds is 7. The molecule has 0 bridgehead atoms. The predicted octanol–water partition coefficient (Wildman–Crippen LogP) is -1.09. The lowest BCUT2D eigenvalue weighted by molar-refractivity contribution is -0.295. The molecule has 0 spiro atoms. The maximum Gasteiger partial charge on any atom is 0.128 e. The highest BCUT2D eigenvalue weighted by Gasteiger charge is 2.38. The molecular weight excluding hydrogens is 210 g/mol. The molecule has 0 saturated heterocycles. The normalized spacial score (nSPS) is 13.9. The van der Waals surface area contributed by atoms with Crippen LogP contribution in [0, 0.1) is 0 Å². The molecule has 6 heteroatoms. The van der Waals surface area contributed by atoms with Crippen LogP contribution in [0.5, 0.6) is 0 Å². The first kappa shape index (κ1) is 15.8. The van der Waals surface area contributed by atoms with E-state index in [1.807, 2.05) is 0 Å². The van der Waals surface area contributed by atoms with Crippen LogP contribution in [0.1, 0.15) is 27.7 Å². The lowest BCUT2D eigenvalue weighted by Gasteiger charge is -2.48. The van der Waals surface area contributed by atoms with Gasteiger partial charge in [0.25, 0.3) is 0 Å². The van der Waals surface area contributed by atoms with Crippen molar-refractivity contribution in [3.05, 3.63) is 0 Å². The Hall–Kier alpha value is -0.240. The van der Waals surface area contributed by atoms with Gasteiger partial charge in [-0.1, -0.05) is 0 Å². The summed E-state index contributed by atoms with van der Waals surface area (Å²) in [7, 11) is 0. The molecule has 0 aromatic heterocycles. The highest BCUT2D eigenvalue weighted by atomic mass is 16.4. The minimum absolute atomic E-state index is 0.0668. The molecule has 5 N–H and O–H groups in total. The zero-order valence-corrected chi connectivity index (χ0v) is 10.6. The van der Waals surface area contributed by atoms with Crippen molar-refractivity contribution in [3.63, 3.8) is 0 Å². The Bertz CT molecular complexity index is 178. The standard InChI is InChI=1S/C10H25N3O3/c1-9(2,15)13(10(3,4)16)12(6-5-11)7-8-14/h14-16H,5-8,11H2,1-4H3. The van der Waals surface area contributed by atoms with Crippen LogP contribution in [0.4, 0.5) is 0 Å². The van der Waals surface area contributed by atoms with Crippen LogP contribution in [0.15, 0.2) is 0 Å². The summed E-state index contributed by atoms with van der Waals surface area (Å²) in [6, 6.07) is 0. The first-order valence-electron chi connectivity index (χ1n) is 5.45. The molecule has 0 aliphatic heterocycles. The van der Waals surface area contributed by atoms with Gasteiger partial charge in [-0.2, -0.15) is 5.01 Å². The number of hydrogen-bond acceptors (Lipinski definition) is 6. The SMILES string of the molecule is CC(C)(O)N(N(CCN)CCO)C(C)(C)O. The molecule has 0 rings (SSSR count). The van der Waals surface area contributed by atoms with Gasteiger partial charge in [0.1, 0.15) is 11.4 Å². The largest absolute Gasteiger partial charge is 0.395 e. The number of nitrogens with two attached hydrogens (primary N) is 1. The lowest BCUT2D eigenvalue weighted by atomic mass is 10.2. The molecular formula is C10H25N3O3. The fourth-order valence-corrected chi connectivity index (χ4v) is 1.94. The monoisotopic (exact) mass is 235 g/mol. The quantitative estimate of drug-likeness (QED) is 0.331. The van der Waals surface area contributed by atoms with Crippen LogP contribution >= 0.6 is 0 Å². The van der Waals surface area contributed by atoms with Crippen LogP contribution < -0.4 is 5.73 Å². The van der Waals surface area contributed by atoms with Crippen LogP contribution in [-0.2, 0) is 0 Å². The Morgan fingerprint density at radius 3 is 1.69 bits per heavy atom. The van der Waals surface area contributed by atoms with Gasteiger partial charge in [0, 0.05) is 19.6 Å². The van der Waals surface area contributed by atoms with Gasteiger partial charge < -0.3 is 21.1 Å². The number of hydrogen-bond donors (Lipinski definition) is 4. The molecule has 0 heterocycles. The van der Waals surface area contributed by atoms with E-state index < -0.39 is 11.4 Å². The summed E-state index contributed by atoms with van der Waals surface area (Å²) in [4.78, 5) is 0. The van der Waals surface area contributed by atoms with Crippen LogP contribution in [0.2, 0.25) is 0 Å². The zero-order chi connectivity index (χ0) is 13.0. The first-order valence-corrected chi connectivity index (χ1v) is 5.45. The molecule has 0 unspecified atom stereocenters. The van der Waals surface area contributed by atoms with E-state index in [1.165, 1.54) is 5.01 Å². The van der Waals surface area contributed by atoms with Crippen molar-refractivity contribution in [2.45, 2.75) is 39.1 Å². The smallest absolute Gasteiger partial charge is 0.128 e. The van der Waals surface area contributed by atoms with E-state index in [0.717, 1.165) is 0 Å². The van der Waals surface area contributed by atoms with Crippen molar-refractivity contribution in [1.29, 1.82) is 0 Å². The van der Waals surface area contributed by atoms with Gasteiger partial charge in [-0.25, -0.2) is 5.01 Å². The van der Waals surface area contributed by atoms with Crippen molar-refractivity contribution in [2.75, 3.05) is 26.2 Å². The summed E-state index contributed by atoms with van der Waals surface area (Å²) >= 11 is 0. The number of hydrazine groups is 1. The molecule has 0 amide bonds.